The van der Waals surface area contributed by atoms with Crippen LogP contribution in [0.1, 0.15) is 37.4 Å². The summed E-state index contributed by atoms with van der Waals surface area (Å²) in [7, 11) is 0. The minimum absolute atomic E-state index is 0.117. The highest BCUT2D eigenvalue weighted by Crippen LogP contribution is 2.42. The van der Waals surface area contributed by atoms with Gasteiger partial charge in [0.1, 0.15) is 11.9 Å². The molecule has 0 spiro atoms. The standard InChI is InChI=1S/C19H22N2O2.C7H8O4/c1-2-12-11-21-8-6-13(12)9-18(21)19(23)15-5-7-20-17-4-3-14(22)10-16(15)17;8-6(9)4-1-3-2-5(4)7(10)11-3/h2-5,7,10,12-13,18-19,22-23H,1,6,8-9,11H2;3-5H,1-2H2,(H,8,9)/t12-,13-,18-,19+;3-,4-,5-/m01/s1. The van der Waals surface area contributed by atoms with Crippen LogP contribution >= 0.6 is 0 Å². The molecule has 4 saturated heterocycles. The highest BCUT2D eigenvalue weighted by atomic mass is 16.6. The number of carbonyl (C=O) groups excluding carboxylic acids is 1. The number of aliphatic hydroxyl groups excluding tert-OH is 1. The number of phenols is 1. The van der Waals surface area contributed by atoms with Gasteiger partial charge >= 0.3 is 11.9 Å². The summed E-state index contributed by atoms with van der Waals surface area (Å²) in [6, 6.07) is 7.14. The normalized spacial score (nSPS) is 34.3. The molecular weight excluding hydrogens is 436 g/mol. The van der Waals surface area contributed by atoms with E-state index in [0.717, 1.165) is 36.0 Å². The average molecular weight is 467 g/mol. The average Bonchev–Trinajstić information content (AvgIpc) is 3.44. The van der Waals surface area contributed by atoms with E-state index in [0.29, 0.717) is 24.7 Å². The summed E-state index contributed by atoms with van der Waals surface area (Å²) in [5.74, 6) is -0.665. The maximum Gasteiger partial charge on any atom is 0.310 e. The topological polar surface area (TPSA) is 120 Å². The van der Waals surface area contributed by atoms with E-state index in [1.54, 1.807) is 24.4 Å². The quantitative estimate of drug-likeness (QED) is 0.465. The van der Waals surface area contributed by atoms with Crippen molar-refractivity contribution in [3.05, 3.63) is 48.7 Å². The number of aliphatic hydroxyl groups is 1. The zero-order valence-electron chi connectivity index (χ0n) is 18.9. The lowest BCUT2D eigenvalue weighted by Crippen LogP contribution is -2.54. The van der Waals surface area contributed by atoms with Crippen molar-refractivity contribution in [3.8, 4) is 5.75 Å². The van der Waals surface area contributed by atoms with Gasteiger partial charge in [-0.3, -0.25) is 19.5 Å². The number of ether oxygens (including phenoxy) is 1. The van der Waals surface area contributed by atoms with Crippen molar-refractivity contribution in [3.63, 3.8) is 0 Å². The van der Waals surface area contributed by atoms with Crippen LogP contribution in [0.2, 0.25) is 0 Å². The maximum absolute atomic E-state index is 11.0. The second-order valence-electron chi connectivity index (χ2n) is 9.87. The van der Waals surface area contributed by atoms with Gasteiger partial charge in [0.15, 0.2) is 0 Å². The van der Waals surface area contributed by atoms with Gasteiger partial charge in [0, 0.05) is 24.2 Å². The molecule has 34 heavy (non-hydrogen) atoms. The van der Waals surface area contributed by atoms with Crippen molar-refractivity contribution in [1.82, 2.24) is 9.88 Å². The van der Waals surface area contributed by atoms with E-state index in [1.807, 2.05) is 6.07 Å². The molecule has 3 N–H and O–H groups in total. The summed E-state index contributed by atoms with van der Waals surface area (Å²) in [6.45, 7) is 5.99. The molecule has 8 heteroatoms. The summed E-state index contributed by atoms with van der Waals surface area (Å²) in [5, 5.41) is 30.3. The van der Waals surface area contributed by atoms with Crippen LogP contribution in [0.5, 0.6) is 5.75 Å². The van der Waals surface area contributed by atoms with Crippen LogP contribution in [0.15, 0.2) is 43.1 Å². The fraction of sp³-hybridized carbons (Fsp3) is 0.500. The van der Waals surface area contributed by atoms with Crippen LogP contribution in [0.4, 0.5) is 0 Å². The minimum atomic E-state index is -0.867. The molecule has 1 aromatic carbocycles. The third kappa shape index (κ3) is 4.05. The maximum atomic E-state index is 11.0. The van der Waals surface area contributed by atoms with E-state index < -0.39 is 18.0 Å². The summed E-state index contributed by atoms with van der Waals surface area (Å²) >= 11 is 0. The molecule has 0 radical (unpaired) electrons. The van der Waals surface area contributed by atoms with Gasteiger partial charge < -0.3 is 20.1 Å². The SMILES string of the molecule is C=C[C@H]1CN2CC[C@H]1C[C@H]2[C@H](O)c1ccnc2ccc(O)cc12.O=C(O)[C@@H]1C[C@@H]2C[C@H]1C(=O)O2. The van der Waals surface area contributed by atoms with E-state index in [-0.39, 0.29) is 29.8 Å². The van der Waals surface area contributed by atoms with E-state index >= 15 is 0 Å². The van der Waals surface area contributed by atoms with Gasteiger partial charge in [-0.2, -0.15) is 0 Å². The van der Waals surface area contributed by atoms with Gasteiger partial charge in [0.2, 0.25) is 0 Å². The highest BCUT2D eigenvalue weighted by Gasteiger charge is 2.51. The Kier molecular flexibility index (Phi) is 6.04. The molecule has 8 nitrogen and oxygen atoms in total. The van der Waals surface area contributed by atoms with Gasteiger partial charge in [0.05, 0.1) is 23.5 Å². The Bertz CT molecular complexity index is 1120. The Labute approximate surface area is 197 Å². The third-order valence-electron chi connectivity index (χ3n) is 8.02. The molecule has 1 aliphatic carbocycles. The fourth-order valence-corrected chi connectivity index (χ4v) is 6.20. The number of pyridine rings is 1. The molecule has 180 valence electrons. The summed E-state index contributed by atoms with van der Waals surface area (Å²) in [5.41, 5.74) is 1.66. The molecule has 4 bridgehead atoms. The number of benzene rings is 1. The lowest BCUT2D eigenvalue weighted by Gasteiger charge is -2.50. The monoisotopic (exact) mass is 466 g/mol. The predicted octanol–water partition coefficient (Wildman–Crippen LogP) is 2.89. The van der Waals surface area contributed by atoms with Gasteiger partial charge in [-0.05, 0) is 73.9 Å². The Morgan fingerprint density at radius 3 is 2.71 bits per heavy atom. The molecule has 2 aromatic rings. The molecule has 0 amide bonds. The number of phenolic OH excluding ortho intramolecular Hbond substituents is 1. The number of rotatable bonds is 4. The summed E-state index contributed by atoms with van der Waals surface area (Å²) in [4.78, 5) is 28.1. The predicted molar refractivity (Wildman–Crippen MR) is 124 cm³/mol. The van der Waals surface area contributed by atoms with Crippen molar-refractivity contribution in [2.75, 3.05) is 13.1 Å². The first kappa shape index (κ1) is 22.8. The van der Waals surface area contributed by atoms with Crippen molar-refractivity contribution in [2.24, 2.45) is 23.7 Å². The number of aliphatic carboxylic acids is 1. The second kappa shape index (κ2) is 9.00. The Morgan fingerprint density at radius 1 is 1.26 bits per heavy atom. The minimum Gasteiger partial charge on any atom is -0.508 e. The van der Waals surface area contributed by atoms with Crippen molar-refractivity contribution in [1.29, 1.82) is 0 Å². The van der Waals surface area contributed by atoms with Crippen LogP contribution in [0, 0.1) is 23.7 Å². The number of hydrogen-bond acceptors (Lipinski definition) is 7. The number of aromatic hydroxyl groups is 1. The molecular formula is C26H30N2O6. The molecule has 4 aliphatic heterocycles. The number of fused-ring (bicyclic) bond motifs is 6. The van der Waals surface area contributed by atoms with E-state index in [2.05, 4.69) is 22.5 Å². The number of nitrogens with zero attached hydrogens (tertiary/aromatic N) is 2. The zero-order chi connectivity index (χ0) is 24.0. The van der Waals surface area contributed by atoms with E-state index in [1.165, 1.54) is 6.42 Å². The van der Waals surface area contributed by atoms with Crippen LogP contribution in [-0.2, 0) is 14.3 Å². The molecule has 1 aromatic heterocycles. The third-order valence-corrected chi connectivity index (χ3v) is 8.02. The molecule has 7 rings (SSSR count). The number of carboxylic acids is 1. The van der Waals surface area contributed by atoms with Crippen LogP contribution in [-0.4, -0.2) is 62.4 Å². The molecule has 5 aliphatic rings. The first-order valence-electron chi connectivity index (χ1n) is 11.9. The van der Waals surface area contributed by atoms with Crippen LogP contribution in [0.25, 0.3) is 10.9 Å². The van der Waals surface area contributed by atoms with E-state index in [4.69, 9.17) is 9.84 Å². The van der Waals surface area contributed by atoms with Crippen LogP contribution in [0.3, 0.4) is 0 Å². The number of hydrogen-bond donors (Lipinski definition) is 3. The number of carbonyl (C=O) groups is 2. The first-order valence-corrected chi connectivity index (χ1v) is 11.9. The smallest absolute Gasteiger partial charge is 0.310 e. The lowest BCUT2D eigenvalue weighted by molar-refractivity contribution is -0.158. The second-order valence-corrected chi connectivity index (χ2v) is 9.87. The highest BCUT2D eigenvalue weighted by molar-refractivity contribution is 5.84. The van der Waals surface area contributed by atoms with Gasteiger partial charge in [-0.15, -0.1) is 6.58 Å². The fourth-order valence-electron chi connectivity index (χ4n) is 6.20. The Morgan fingerprint density at radius 2 is 2.09 bits per heavy atom. The van der Waals surface area contributed by atoms with Gasteiger partial charge in [-0.25, -0.2) is 0 Å². The molecule has 5 heterocycles. The molecule has 5 fully saturated rings. The zero-order valence-corrected chi connectivity index (χ0v) is 18.9. The van der Waals surface area contributed by atoms with E-state index in [9.17, 15) is 19.8 Å². The van der Waals surface area contributed by atoms with Gasteiger partial charge in [0.25, 0.3) is 0 Å². The number of piperidine rings is 3. The van der Waals surface area contributed by atoms with Gasteiger partial charge in [-0.1, -0.05) is 6.08 Å². The number of esters is 1. The molecule has 1 unspecified atom stereocenters. The first-order chi connectivity index (χ1) is 16.4. The summed E-state index contributed by atoms with van der Waals surface area (Å²) in [6.07, 6.45) is 6.43. The largest absolute Gasteiger partial charge is 0.508 e. The summed E-state index contributed by atoms with van der Waals surface area (Å²) < 4.78 is 4.84. The Balaban J connectivity index is 0.000000183. The van der Waals surface area contributed by atoms with Crippen molar-refractivity contribution in [2.45, 2.75) is 43.9 Å². The van der Waals surface area contributed by atoms with Crippen LogP contribution < -0.4 is 0 Å². The molecule has 1 saturated carbocycles. The Hall–Kier alpha value is -2.97. The van der Waals surface area contributed by atoms with Crippen molar-refractivity contribution >= 4 is 22.8 Å². The van der Waals surface area contributed by atoms with Crippen molar-refractivity contribution < 1.29 is 29.6 Å². The number of aromatic nitrogens is 1. The lowest BCUT2D eigenvalue weighted by atomic mass is 9.73. The number of carboxylic acid groups (broad SMARTS) is 1. The molecule has 8 atom stereocenters.